The molecule has 0 N–H and O–H groups in total. The van der Waals surface area contributed by atoms with E-state index in [0.717, 1.165) is 11.1 Å². The number of carbonyl (C=O) groups is 2. The summed E-state index contributed by atoms with van der Waals surface area (Å²) in [5.74, 6) is -0.967. The summed E-state index contributed by atoms with van der Waals surface area (Å²) < 4.78 is 9.66. The van der Waals surface area contributed by atoms with E-state index in [0.29, 0.717) is 16.7 Å². The van der Waals surface area contributed by atoms with Crippen LogP contribution in [-0.4, -0.2) is 26.2 Å². The van der Waals surface area contributed by atoms with E-state index in [1.807, 2.05) is 37.3 Å². The third-order valence-corrected chi connectivity index (χ3v) is 3.16. The maximum absolute atomic E-state index is 12.0. The Balaban J connectivity index is 2.79. The smallest absolute Gasteiger partial charge is 0.338 e. The van der Waals surface area contributed by atoms with Gasteiger partial charge in [-0.25, -0.2) is 9.59 Å². The largest absolute Gasteiger partial charge is 0.465 e. The molecule has 0 atom stereocenters. The second kappa shape index (κ2) is 6.22. The van der Waals surface area contributed by atoms with Gasteiger partial charge in [0, 0.05) is 5.56 Å². The Labute approximate surface area is 123 Å². The third-order valence-electron chi connectivity index (χ3n) is 3.16. The fraction of sp³-hybridized carbons (Fsp3) is 0.176. The molecule has 0 heterocycles. The summed E-state index contributed by atoms with van der Waals surface area (Å²) in [5.41, 5.74) is 2.78. The van der Waals surface area contributed by atoms with Gasteiger partial charge in [0.2, 0.25) is 0 Å². The fourth-order valence-corrected chi connectivity index (χ4v) is 2.24. The van der Waals surface area contributed by atoms with Gasteiger partial charge in [-0.3, -0.25) is 0 Å². The molecule has 0 spiro atoms. The molecule has 0 saturated carbocycles. The van der Waals surface area contributed by atoms with Crippen LogP contribution in [0.5, 0.6) is 0 Å². The lowest BCUT2D eigenvalue weighted by Crippen LogP contribution is -2.11. The van der Waals surface area contributed by atoms with Crippen molar-refractivity contribution < 1.29 is 19.1 Å². The maximum Gasteiger partial charge on any atom is 0.338 e. The van der Waals surface area contributed by atoms with Crippen LogP contribution in [0.25, 0.3) is 11.1 Å². The number of hydrogen-bond acceptors (Lipinski definition) is 4. The molecule has 21 heavy (non-hydrogen) atoms. The van der Waals surface area contributed by atoms with Crippen LogP contribution in [0.1, 0.15) is 26.3 Å². The highest BCUT2D eigenvalue weighted by Crippen LogP contribution is 2.30. The van der Waals surface area contributed by atoms with Gasteiger partial charge < -0.3 is 9.47 Å². The predicted octanol–water partition coefficient (Wildman–Crippen LogP) is 3.24. The number of benzene rings is 2. The lowest BCUT2D eigenvalue weighted by Gasteiger charge is -2.14. The van der Waals surface area contributed by atoms with Crippen molar-refractivity contribution in [1.29, 1.82) is 0 Å². The highest BCUT2D eigenvalue weighted by molar-refractivity contribution is 6.06. The first-order valence-electron chi connectivity index (χ1n) is 6.45. The summed E-state index contributed by atoms with van der Waals surface area (Å²) in [4.78, 5) is 24.1. The molecular weight excluding hydrogens is 268 g/mol. The van der Waals surface area contributed by atoms with Crippen LogP contribution in [0.2, 0.25) is 0 Å². The fourth-order valence-electron chi connectivity index (χ4n) is 2.24. The molecule has 0 aliphatic rings. The second-order valence-electron chi connectivity index (χ2n) is 4.58. The zero-order valence-corrected chi connectivity index (χ0v) is 12.2. The highest BCUT2D eigenvalue weighted by Gasteiger charge is 2.22. The lowest BCUT2D eigenvalue weighted by atomic mass is 9.92. The van der Waals surface area contributed by atoms with Crippen molar-refractivity contribution in [2.75, 3.05) is 14.2 Å². The predicted molar refractivity (Wildman–Crippen MR) is 79.3 cm³/mol. The Hall–Kier alpha value is -2.62. The van der Waals surface area contributed by atoms with Gasteiger partial charge in [-0.15, -0.1) is 0 Å². The van der Waals surface area contributed by atoms with E-state index in [2.05, 4.69) is 0 Å². The van der Waals surface area contributed by atoms with Crippen molar-refractivity contribution in [3.05, 3.63) is 59.2 Å². The number of carbonyl (C=O) groups excluding carboxylic acids is 2. The molecule has 0 aliphatic carbocycles. The minimum atomic E-state index is -0.484. The van der Waals surface area contributed by atoms with Crippen molar-refractivity contribution in [2.24, 2.45) is 0 Å². The molecule has 0 unspecified atom stereocenters. The molecule has 2 aromatic rings. The van der Waals surface area contributed by atoms with E-state index in [9.17, 15) is 9.59 Å². The summed E-state index contributed by atoms with van der Waals surface area (Å²) in [6.07, 6.45) is 0. The zero-order chi connectivity index (χ0) is 15.4. The van der Waals surface area contributed by atoms with Crippen molar-refractivity contribution in [1.82, 2.24) is 0 Å². The monoisotopic (exact) mass is 284 g/mol. The van der Waals surface area contributed by atoms with Gasteiger partial charge >= 0.3 is 11.9 Å². The number of esters is 2. The number of methoxy groups -OCH3 is 2. The summed E-state index contributed by atoms with van der Waals surface area (Å²) in [6.45, 7) is 1.81. The first-order chi connectivity index (χ1) is 10.1. The van der Waals surface area contributed by atoms with Crippen LogP contribution in [0.4, 0.5) is 0 Å². The van der Waals surface area contributed by atoms with Gasteiger partial charge in [0.1, 0.15) is 0 Å². The van der Waals surface area contributed by atoms with Crippen molar-refractivity contribution >= 4 is 11.9 Å². The van der Waals surface area contributed by atoms with Crippen molar-refractivity contribution in [3.63, 3.8) is 0 Å². The first kappa shape index (κ1) is 14.8. The van der Waals surface area contributed by atoms with E-state index in [1.165, 1.54) is 14.2 Å². The molecule has 108 valence electrons. The topological polar surface area (TPSA) is 52.6 Å². The standard InChI is InChI=1S/C17H16O4/c1-11-9-13(16(18)20-2)15(12-7-5-4-6-8-12)14(10-11)17(19)21-3/h4-10H,1-3H3. The van der Waals surface area contributed by atoms with E-state index < -0.39 is 11.9 Å². The molecule has 0 aliphatic heterocycles. The lowest BCUT2D eigenvalue weighted by molar-refractivity contribution is 0.0601. The average Bonchev–Trinajstić information content (AvgIpc) is 2.53. The Kier molecular flexibility index (Phi) is 4.38. The highest BCUT2D eigenvalue weighted by atomic mass is 16.5. The molecule has 0 amide bonds. The Morgan fingerprint density at radius 3 is 1.76 bits per heavy atom. The summed E-state index contributed by atoms with van der Waals surface area (Å²) >= 11 is 0. The molecule has 0 bridgehead atoms. The second-order valence-corrected chi connectivity index (χ2v) is 4.58. The Morgan fingerprint density at radius 2 is 1.33 bits per heavy atom. The van der Waals surface area contributed by atoms with Crippen LogP contribution >= 0.6 is 0 Å². The van der Waals surface area contributed by atoms with Gasteiger partial charge in [-0.05, 0) is 30.2 Å². The van der Waals surface area contributed by atoms with E-state index in [4.69, 9.17) is 9.47 Å². The number of rotatable bonds is 3. The molecule has 0 saturated heterocycles. The van der Waals surface area contributed by atoms with E-state index in [-0.39, 0.29) is 0 Å². The van der Waals surface area contributed by atoms with Crippen molar-refractivity contribution in [2.45, 2.75) is 6.92 Å². The number of hydrogen-bond donors (Lipinski definition) is 0. The van der Waals surface area contributed by atoms with E-state index in [1.54, 1.807) is 12.1 Å². The molecule has 4 heteroatoms. The normalized spacial score (nSPS) is 10.0. The summed E-state index contributed by atoms with van der Waals surface area (Å²) in [6, 6.07) is 12.6. The quantitative estimate of drug-likeness (QED) is 0.812. The molecule has 4 nitrogen and oxygen atoms in total. The zero-order valence-electron chi connectivity index (χ0n) is 12.2. The minimum absolute atomic E-state index is 0.351. The van der Waals surface area contributed by atoms with Crippen LogP contribution in [0, 0.1) is 6.92 Å². The number of ether oxygens (including phenoxy) is 2. The molecule has 2 rings (SSSR count). The van der Waals surface area contributed by atoms with Gasteiger partial charge in [0.05, 0.1) is 25.3 Å². The first-order valence-corrected chi connectivity index (χ1v) is 6.45. The number of aryl methyl sites for hydroxylation is 1. The molecule has 0 fully saturated rings. The van der Waals surface area contributed by atoms with Crippen LogP contribution in [-0.2, 0) is 9.47 Å². The minimum Gasteiger partial charge on any atom is -0.465 e. The molecular formula is C17H16O4. The molecule has 2 aromatic carbocycles. The van der Waals surface area contributed by atoms with Crippen LogP contribution < -0.4 is 0 Å². The van der Waals surface area contributed by atoms with Gasteiger partial charge in [-0.2, -0.15) is 0 Å². The van der Waals surface area contributed by atoms with Crippen LogP contribution in [0.15, 0.2) is 42.5 Å². The molecule has 0 aromatic heterocycles. The Morgan fingerprint density at radius 1 is 0.857 bits per heavy atom. The molecule has 0 radical (unpaired) electrons. The van der Waals surface area contributed by atoms with Crippen molar-refractivity contribution in [3.8, 4) is 11.1 Å². The Bertz CT molecular complexity index is 637. The summed E-state index contributed by atoms with van der Waals surface area (Å²) in [7, 11) is 2.63. The van der Waals surface area contributed by atoms with Gasteiger partial charge in [-0.1, -0.05) is 30.3 Å². The average molecular weight is 284 g/mol. The van der Waals surface area contributed by atoms with E-state index >= 15 is 0 Å². The van der Waals surface area contributed by atoms with Gasteiger partial charge in [0.15, 0.2) is 0 Å². The van der Waals surface area contributed by atoms with Crippen LogP contribution in [0.3, 0.4) is 0 Å². The van der Waals surface area contributed by atoms with Gasteiger partial charge in [0.25, 0.3) is 0 Å². The maximum atomic E-state index is 12.0. The SMILES string of the molecule is COC(=O)c1cc(C)cc(C(=O)OC)c1-c1ccccc1. The summed E-state index contributed by atoms with van der Waals surface area (Å²) in [5, 5.41) is 0. The third kappa shape index (κ3) is 2.94.